The number of halogens is 1. The lowest BCUT2D eigenvalue weighted by Gasteiger charge is -2.11. The summed E-state index contributed by atoms with van der Waals surface area (Å²) >= 11 is 0. The second-order valence-electron chi connectivity index (χ2n) is 5.48. The quantitative estimate of drug-likeness (QED) is 0.899. The lowest BCUT2D eigenvalue weighted by molar-refractivity contribution is -0.117. The number of amides is 1. The summed E-state index contributed by atoms with van der Waals surface area (Å²) in [6.07, 6.45) is 8.01. The van der Waals surface area contributed by atoms with Crippen LogP contribution in [0.4, 0.5) is 10.1 Å². The van der Waals surface area contributed by atoms with Crippen molar-refractivity contribution in [1.29, 1.82) is 0 Å². The van der Waals surface area contributed by atoms with Gasteiger partial charge in [0, 0.05) is 6.21 Å². The van der Waals surface area contributed by atoms with Crippen LogP contribution in [0.5, 0.6) is 0 Å². The Morgan fingerprint density at radius 2 is 2.20 bits per heavy atom. The SMILES string of the molecule is Cc1cc(F)ccc1S(=O)(=O)n1cc(NC(=O)C2CC=CC=N2)cn1. The number of hydrogen-bond donors (Lipinski definition) is 1. The first-order valence-corrected chi connectivity index (χ1v) is 8.87. The number of dihydropyridines is 1. The number of anilines is 1. The molecule has 25 heavy (non-hydrogen) atoms. The maximum Gasteiger partial charge on any atom is 0.283 e. The van der Waals surface area contributed by atoms with Gasteiger partial charge in [-0.25, -0.2) is 4.39 Å². The summed E-state index contributed by atoms with van der Waals surface area (Å²) in [5.74, 6) is -0.873. The van der Waals surface area contributed by atoms with E-state index in [0.29, 0.717) is 6.42 Å². The molecule has 0 aliphatic carbocycles. The summed E-state index contributed by atoms with van der Waals surface area (Å²) in [7, 11) is -3.98. The van der Waals surface area contributed by atoms with Gasteiger partial charge in [-0.2, -0.15) is 17.6 Å². The molecular weight excluding hydrogens is 347 g/mol. The van der Waals surface area contributed by atoms with Gasteiger partial charge in [0.1, 0.15) is 11.9 Å². The lowest BCUT2D eigenvalue weighted by atomic mass is 10.1. The van der Waals surface area contributed by atoms with Gasteiger partial charge in [-0.05, 0) is 43.2 Å². The van der Waals surface area contributed by atoms with Gasteiger partial charge in [-0.15, -0.1) is 0 Å². The van der Waals surface area contributed by atoms with E-state index in [-0.39, 0.29) is 22.1 Å². The Kier molecular flexibility index (Phi) is 4.49. The summed E-state index contributed by atoms with van der Waals surface area (Å²) < 4.78 is 39.1. The summed E-state index contributed by atoms with van der Waals surface area (Å²) in [6, 6.07) is 2.83. The van der Waals surface area contributed by atoms with E-state index in [0.717, 1.165) is 16.2 Å². The lowest BCUT2D eigenvalue weighted by Crippen LogP contribution is -2.26. The number of nitrogens with one attached hydrogen (secondary N) is 1. The van der Waals surface area contributed by atoms with E-state index in [1.807, 2.05) is 6.08 Å². The molecule has 3 rings (SSSR count). The fraction of sp³-hybridized carbons (Fsp3) is 0.188. The van der Waals surface area contributed by atoms with Crippen molar-refractivity contribution < 1.29 is 17.6 Å². The van der Waals surface area contributed by atoms with Gasteiger partial charge in [-0.1, -0.05) is 6.08 Å². The standard InChI is InChI=1S/C16H15FN4O3S/c1-11-8-12(17)5-6-15(11)25(23,24)21-10-13(9-19-21)20-16(22)14-4-2-3-7-18-14/h2-3,5-10,14H,4H2,1H3,(H,20,22). The molecule has 130 valence electrons. The zero-order valence-corrected chi connectivity index (χ0v) is 14.1. The zero-order valence-electron chi connectivity index (χ0n) is 13.3. The van der Waals surface area contributed by atoms with Crippen molar-refractivity contribution in [2.45, 2.75) is 24.3 Å². The smallest absolute Gasteiger partial charge is 0.283 e. The molecule has 0 saturated carbocycles. The summed E-state index contributed by atoms with van der Waals surface area (Å²) in [5.41, 5.74) is 0.502. The van der Waals surface area contributed by atoms with Crippen molar-refractivity contribution in [3.05, 3.63) is 54.1 Å². The maximum atomic E-state index is 13.2. The predicted octanol–water partition coefficient (Wildman–Crippen LogP) is 1.91. The highest BCUT2D eigenvalue weighted by Crippen LogP contribution is 2.20. The van der Waals surface area contributed by atoms with Crippen molar-refractivity contribution in [2.75, 3.05) is 5.32 Å². The molecule has 1 unspecified atom stereocenters. The minimum Gasteiger partial charge on any atom is -0.321 e. The Labute approximate surface area is 143 Å². The van der Waals surface area contributed by atoms with Crippen LogP contribution in [-0.4, -0.2) is 35.8 Å². The molecule has 1 aliphatic rings. The predicted molar refractivity (Wildman–Crippen MR) is 90.6 cm³/mol. The van der Waals surface area contributed by atoms with Crippen molar-refractivity contribution in [3.8, 4) is 0 Å². The van der Waals surface area contributed by atoms with Crippen LogP contribution in [0.1, 0.15) is 12.0 Å². The van der Waals surface area contributed by atoms with Crippen molar-refractivity contribution in [3.63, 3.8) is 0 Å². The van der Waals surface area contributed by atoms with Gasteiger partial charge in [-0.3, -0.25) is 9.79 Å². The third-order valence-electron chi connectivity index (χ3n) is 3.64. The van der Waals surface area contributed by atoms with E-state index < -0.39 is 21.9 Å². The largest absolute Gasteiger partial charge is 0.321 e. The van der Waals surface area contributed by atoms with Crippen LogP contribution in [-0.2, 0) is 14.8 Å². The van der Waals surface area contributed by atoms with Gasteiger partial charge in [0.25, 0.3) is 10.0 Å². The molecule has 7 nitrogen and oxygen atoms in total. The fourth-order valence-electron chi connectivity index (χ4n) is 2.39. The molecule has 0 radical (unpaired) electrons. The molecule has 0 bridgehead atoms. The number of aryl methyl sites for hydroxylation is 1. The summed E-state index contributed by atoms with van der Waals surface area (Å²) in [6.45, 7) is 1.50. The van der Waals surface area contributed by atoms with Gasteiger partial charge in [0.15, 0.2) is 0 Å². The van der Waals surface area contributed by atoms with Crippen LogP contribution in [0.25, 0.3) is 0 Å². The Morgan fingerprint density at radius 3 is 2.88 bits per heavy atom. The molecule has 1 aromatic carbocycles. The number of benzene rings is 1. The Bertz CT molecular complexity index is 979. The number of rotatable bonds is 4. The topological polar surface area (TPSA) is 93.4 Å². The highest BCUT2D eigenvalue weighted by Gasteiger charge is 2.22. The van der Waals surface area contributed by atoms with E-state index in [9.17, 15) is 17.6 Å². The summed E-state index contributed by atoms with van der Waals surface area (Å²) in [5, 5.41) is 6.38. The van der Waals surface area contributed by atoms with Crippen LogP contribution in [0.15, 0.2) is 52.6 Å². The average molecular weight is 362 g/mol. The van der Waals surface area contributed by atoms with E-state index in [1.165, 1.54) is 25.4 Å². The second kappa shape index (κ2) is 6.60. The van der Waals surface area contributed by atoms with E-state index in [1.54, 1.807) is 12.3 Å². The number of carbonyl (C=O) groups is 1. The summed E-state index contributed by atoms with van der Waals surface area (Å²) in [4.78, 5) is 16.1. The van der Waals surface area contributed by atoms with Gasteiger partial charge >= 0.3 is 0 Å². The number of carbonyl (C=O) groups excluding carboxylic acids is 1. The number of nitrogens with zero attached hydrogens (tertiary/aromatic N) is 3. The van der Waals surface area contributed by atoms with E-state index >= 15 is 0 Å². The number of allylic oxidation sites excluding steroid dienone is 1. The molecule has 9 heteroatoms. The van der Waals surface area contributed by atoms with Crippen LogP contribution in [0, 0.1) is 12.7 Å². The first kappa shape index (κ1) is 17.0. The Morgan fingerprint density at radius 1 is 1.40 bits per heavy atom. The molecule has 1 atom stereocenters. The molecule has 0 fully saturated rings. The maximum absolute atomic E-state index is 13.2. The third-order valence-corrected chi connectivity index (χ3v) is 5.35. The van der Waals surface area contributed by atoms with Gasteiger partial charge < -0.3 is 5.32 Å². The molecule has 2 aromatic rings. The number of hydrogen-bond acceptors (Lipinski definition) is 5. The van der Waals surface area contributed by atoms with Crippen LogP contribution in [0.2, 0.25) is 0 Å². The second-order valence-corrected chi connectivity index (χ2v) is 7.25. The van der Waals surface area contributed by atoms with E-state index in [4.69, 9.17) is 0 Å². The van der Waals surface area contributed by atoms with Crippen molar-refractivity contribution in [2.24, 2.45) is 4.99 Å². The van der Waals surface area contributed by atoms with Crippen LogP contribution < -0.4 is 5.32 Å². The fourth-order valence-corrected chi connectivity index (χ4v) is 3.72. The zero-order chi connectivity index (χ0) is 18.0. The Hall–Kier alpha value is -2.81. The molecule has 0 spiro atoms. The van der Waals surface area contributed by atoms with Gasteiger partial charge in [0.05, 0.1) is 23.0 Å². The van der Waals surface area contributed by atoms with Crippen LogP contribution in [0.3, 0.4) is 0 Å². The molecule has 1 N–H and O–H groups in total. The van der Waals surface area contributed by atoms with Crippen molar-refractivity contribution >= 4 is 27.8 Å². The highest BCUT2D eigenvalue weighted by atomic mass is 32.2. The molecule has 1 aliphatic heterocycles. The van der Waals surface area contributed by atoms with Gasteiger partial charge in [0.2, 0.25) is 5.91 Å². The van der Waals surface area contributed by atoms with E-state index in [2.05, 4.69) is 15.4 Å². The molecule has 1 aromatic heterocycles. The molecule has 1 amide bonds. The minimum atomic E-state index is -3.98. The minimum absolute atomic E-state index is 0.0584. The number of aliphatic imine (C=N–C) groups is 1. The normalized spacial score (nSPS) is 16.8. The van der Waals surface area contributed by atoms with Crippen molar-refractivity contribution in [1.82, 2.24) is 9.19 Å². The Balaban J connectivity index is 1.81. The molecule has 2 heterocycles. The monoisotopic (exact) mass is 362 g/mol. The molecule has 0 saturated heterocycles. The van der Waals surface area contributed by atoms with Crippen LogP contribution >= 0.6 is 0 Å². The highest BCUT2D eigenvalue weighted by molar-refractivity contribution is 7.89. The number of aromatic nitrogens is 2. The molecular formula is C16H15FN4O3S. The average Bonchev–Trinajstić information content (AvgIpc) is 3.04. The first-order valence-electron chi connectivity index (χ1n) is 7.43. The first-order chi connectivity index (χ1) is 11.9. The third kappa shape index (κ3) is 3.50.